The first-order chi connectivity index (χ1) is 13.9. The van der Waals surface area contributed by atoms with Crippen molar-refractivity contribution in [3.05, 3.63) is 41.5 Å². The first-order valence-corrected chi connectivity index (χ1v) is 10.9. The third kappa shape index (κ3) is 4.71. The Morgan fingerprint density at radius 1 is 0.931 bits per heavy atom. The number of fused-ring (bicyclic) bond motifs is 1. The second kappa shape index (κ2) is 8.55. The highest BCUT2D eigenvalue weighted by Gasteiger charge is 2.37. The molecule has 0 N–H and O–H groups in total. The molecule has 0 atom stereocenters. The lowest BCUT2D eigenvalue weighted by Crippen LogP contribution is -2.29. The second-order valence-corrected chi connectivity index (χ2v) is 8.79. The monoisotopic (exact) mass is 405 g/mol. The van der Waals surface area contributed by atoms with Crippen LogP contribution in [0.1, 0.15) is 63.0 Å². The second-order valence-electron chi connectivity index (χ2n) is 8.79. The van der Waals surface area contributed by atoms with Crippen LogP contribution in [-0.4, -0.2) is 24.1 Å². The predicted octanol–water partition coefficient (Wildman–Crippen LogP) is 6.80. The molecule has 0 aromatic heterocycles. The molecule has 158 valence electrons. The minimum atomic E-state index is -4.44. The molecule has 1 saturated heterocycles. The summed E-state index contributed by atoms with van der Waals surface area (Å²) in [4.78, 5) is 2.35. The number of hydrogen-bond donors (Lipinski definition) is 0. The molecule has 0 amide bonds. The van der Waals surface area contributed by atoms with Crippen LogP contribution in [0.2, 0.25) is 0 Å². The van der Waals surface area contributed by atoms with Crippen LogP contribution in [0.5, 0.6) is 5.75 Å². The van der Waals surface area contributed by atoms with Gasteiger partial charge in [-0.05, 0) is 79.9 Å². The van der Waals surface area contributed by atoms with Gasteiger partial charge in [0.1, 0.15) is 11.3 Å². The van der Waals surface area contributed by atoms with E-state index in [4.69, 9.17) is 4.74 Å². The summed E-state index contributed by atoms with van der Waals surface area (Å²) in [5, 5.41) is 0.948. The number of ether oxygens (including phenoxy) is 1. The van der Waals surface area contributed by atoms with E-state index in [1.807, 2.05) is 12.1 Å². The maximum absolute atomic E-state index is 14.1. The molecule has 0 unspecified atom stereocenters. The number of halogens is 3. The first-order valence-electron chi connectivity index (χ1n) is 10.9. The number of nitrogens with zero attached hydrogens (tertiary/aromatic N) is 1. The van der Waals surface area contributed by atoms with Gasteiger partial charge in [-0.2, -0.15) is 13.2 Å². The number of piperidine rings is 1. The molecule has 2 aromatic rings. The van der Waals surface area contributed by atoms with Gasteiger partial charge in [0.2, 0.25) is 0 Å². The van der Waals surface area contributed by atoms with Gasteiger partial charge in [0, 0.05) is 6.54 Å². The van der Waals surface area contributed by atoms with Crippen molar-refractivity contribution in [1.82, 2.24) is 4.90 Å². The topological polar surface area (TPSA) is 12.5 Å². The molecule has 1 aliphatic carbocycles. The van der Waals surface area contributed by atoms with Crippen LogP contribution in [0.15, 0.2) is 30.3 Å². The van der Waals surface area contributed by atoms with E-state index in [9.17, 15) is 13.2 Å². The average Bonchev–Trinajstić information content (AvgIpc) is 2.69. The van der Waals surface area contributed by atoms with Gasteiger partial charge in [0.15, 0.2) is 0 Å². The van der Waals surface area contributed by atoms with E-state index in [1.165, 1.54) is 6.42 Å². The molecule has 29 heavy (non-hydrogen) atoms. The summed E-state index contributed by atoms with van der Waals surface area (Å²) in [6, 6.07) is 8.67. The van der Waals surface area contributed by atoms with Gasteiger partial charge in [-0.25, -0.2) is 0 Å². The van der Waals surface area contributed by atoms with E-state index >= 15 is 0 Å². The Morgan fingerprint density at radius 2 is 1.66 bits per heavy atom. The van der Waals surface area contributed by atoms with Gasteiger partial charge in [-0.15, -0.1) is 0 Å². The van der Waals surface area contributed by atoms with Gasteiger partial charge in [-0.3, -0.25) is 4.90 Å². The van der Waals surface area contributed by atoms with E-state index in [2.05, 4.69) is 11.8 Å². The Morgan fingerprint density at radius 3 is 2.34 bits per heavy atom. The summed E-state index contributed by atoms with van der Waals surface area (Å²) in [5.41, 5.74) is 0.349. The largest absolute Gasteiger partial charge is 0.490 e. The van der Waals surface area contributed by atoms with Gasteiger partial charge >= 0.3 is 6.18 Å². The van der Waals surface area contributed by atoms with Crippen molar-refractivity contribution in [1.29, 1.82) is 0 Å². The van der Waals surface area contributed by atoms with E-state index in [0.717, 1.165) is 57.2 Å². The number of likely N-dealkylation sites (tertiary alicyclic amines) is 1. The number of hydrogen-bond acceptors (Lipinski definition) is 2. The highest BCUT2D eigenvalue weighted by Crippen LogP contribution is 2.43. The smallest absolute Gasteiger partial charge is 0.420 e. The summed E-state index contributed by atoms with van der Waals surface area (Å²) in [7, 11) is 0. The molecular weight excluding hydrogens is 375 g/mol. The molecule has 2 fully saturated rings. The molecule has 0 spiro atoms. The van der Waals surface area contributed by atoms with E-state index in [0.29, 0.717) is 17.8 Å². The quantitative estimate of drug-likeness (QED) is 0.554. The van der Waals surface area contributed by atoms with Crippen molar-refractivity contribution < 1.29 is 17.9 Å². The lowest BCUT2D eigenvalue weighted by Gasteiger charge is -2.29. The molecule has 1 saturated carbocycles. The Labute approximate surface area is 171 Å². The third-order valence-electron chi connectivity index (χ3n) is 6.50. The SMILES string of the molecule is CC1CCC(Oc2ccc3c(CN4CCCCC4)cccc3c2C(F)(F)F)CC1. The van der Waals surface area contributed by atoms with E-state index in [-0.39, 0.29) is 17.2 Å². The zero-order valence-corrected chi connectivity index (χ0v) is 17.1. The maximum atomic E-state index is 14.1. The Kier molecular flexibility index (Phi) is 6.05. The summed E-state index contributed by atoms with van der Waals surface area (Å²) in [5.74, 6) is 0.616. The Hall–Kier alpha value is -1.75. The van der Waals surface area contributed by atoms with Crippen molar-refractivity contribution >= 4 is 10.8 Å². The lowest BCUT2D eigenvalue weighted by molar-refractivity contribution is -0.138. The van der Waals surface area contributed by atoms with Crippen LogP contribution in [0.3, 0.4) is 0 Å². The summed E-state index contributed by atoms with van der Waals surface area (Å²) < 4.78 is 48.2. The molecule has 4 rings (SSSR count). The van der Waals surface area contributed by atoms with Crippen LogP contribution < -0.4 is 4.74 Å². The fraction of sp³-hybridized carbons (Fsp3) is 0.583. The summed E-state index contributed by atoms with van der Waals surface area (Å²) in [6.07, 6.45) is 2.68. The van der Waals surface area contributed by atoms with Crippen molar-refractivity contribution in [2.75, 3.05) is 13.1 Å². The fourth-order valence-corrected chi connectivity index (χ4v) is 4.82. The minimum Gasteiger partial charge on any atom is -0.490 e. The Bertz CT molecular complexity index is 834. The van der Waals surface area contributed by atoms with Gasteiger partial charge < -0.3 is 4.74 Å². The van der Waals surface area contributed by atoms with Crippen molar-refractivity contribution in [3.8, 4) is 5.75 Å². The molecule has 5 heteroatoms. The van der Waals surface area contributed by atoms with Gasteiger partial charge in [0.05, 0.1) is 6.10 Å². The number of rotatable bonds is 4. The molecule has 0 radical (unpaired) electrons. The molecule has 2 aliphatic rings. The van der Waals surface area contributed by atoms with Crippen molar-refractivity contribution in [2.45, 2.75) is 70.7 Å². The van der Waals surface area contributed by atoms with E-state index in [1.54, 1.807) is 18.2 Å². The van der Waals surface area contributed by atoms with Crippen molar-refractivity contribution in [2.24, 2.45) is 5.92 Å². The molecule has 2 aromatic carbocycles. The third-order valence-corrected chi connectivity index (χ3v) is 6.50. The fourth-order valence-electron chi connectivity index (χ4n) is 4.82. The molecular formula is C24H30F3NO. The normalized spacial score (nSPS) is 24.0. The zero-order valence-electron chi connectivity index (χ0n) is 17.1. The van der Waals surface area contributed by atoms with Crippen LogP contribution in [0.25, 0.3) is 10.8 Å². The van der Waals surface area contributed by atoms with Crippen molar-refractivity contribution in [3.63, 3.8) is 0 Å². The number of benzene rings is 2. The maximum Gasteiger partial charge on any atom is 0.420 e. The molecule has 1 heterocycles. The first kappa shape index (κ1) is 20.5. The van der Waals surface area contributed by atoms with Crippen LogP contribution in [0.4, 0.5) is 13.2 Å². The van der Waals surface area contributed by atoms with Crippen LogP contribution in [0, 0.1) is 5.92 Å². The number of alkyl halides is 3. The average molecular weight is 406 g/mol. The highest BCUT2D eigenvalue weighted by atomic mass is 19.4. The summed E-state index contributed by atoms with van der Waals surface area (Å²) >= 11 is 0. The predicted molar refractivity (Wildman–Crippen MR) is 110 cm³/mol. The molecule has 1 aliphatic heterocycles. The van der Waals surface area contributed by atoms with Crippen LogP contribution in [-0.2, 0) is 12.7 Å². The molecule has 0 bridgehead atoms. The minimum absolute atomic E-state index is 0.0142. The summed E-state index contributed by atoms with van der Waals surface area (Å²) in [6.45, 7) is 4.93. The van der Waals surface area contributed by atoms with E-state index < -0.39 is 11.7 Å². The van der Waals surface area contributed by atoms with Crippen LogP contribution >= 0.6 is 0 Å². The van der Waals surface area contributed by atoms with Gasteiger partial charge in [-0.1, -0.05) is 37.6 Å². The Balaban J connectivity index is 1.68. The van der Waals surface area contributed by atoms with Gasteiger partial charge in [0.25, 0.3) is 0 Å². The molecule has 2 nitrogen and oxygen atoms in total. The zero-order chi connectivity index (χ0) is 20.4. The lowest BCUT2D eigenvalue weighted by atomic mass is 9.89. The standard InChI is InChI=1S/C24H30F3NO/c1-17-8-10-19(11-9-17)29-22-13-12-20-18(16-28-14-3-2-4-15-28)6-5-7-21(20)23(22)24(25,26)27/h5-7,12-13,17,19H,2-4,8-11,14-16H2,1H3. The highest BCUT2D eigenvalue weighted by molar-refractivity contribution is 5.91.